The van der Waals surface area contributed by atoms with Crippen molar-refractivity contribution in [3.05, 3.63) is 83.1 Å². The lowest BCUT2D eigenvalue weighted by Gasteiger charge is -2.31. The largest absolute Gasteiger partial charge is 0.368 e. The first-order valence-electron chi connectivity index (χ1n) is 12.2. The van der Waals surface area contributed by atoms with Crippen LogP contribution < -0.4 is 11.0 Å². The SMILES string of the molecule is CCCc1cn(-c2ncnn2CC(C)C)c(=O)n1CC1(c2cccc(-c3nnn[nH]3)c2)C=CNC=C1. The Bertz CT molecular complexity index is 1430. The molecule has 0 aliphatic carbocycles. The fourth-order valence-electron chi connectivity index (χ4n) is 4.61. The van der Waals surface area contributed by atoms with Gasteiger partial charge in [-0.3, -0.25) is 4.57 Å². The molecule has 0 atom stereocenters. The molecule has 4 heterocycles. The van der Waals surface area contributed by atoms with E-state index in [0.717, 1.165) is 29.7 Å². The number of hydrogen-bond acceptors (Lipinski definition) is 7. The molecule has 0 fully saturated rings. The van der Waals surface area contributed by atoms with Gasteiger partial charge in [0, 0.05) is 30.5 Å². The minimum absolute atomic E-state index is 0.133. The number of imidazole rings is 1. The van der Waals surface area contributed by atoms with Gasteiger partial charge in [-0.05, 0) is 46.8 Å². The third kappa shape index (κ3) is 4.39. The van der Waals surface area contributed by atoms with Gasteiger partial charge in [0.2, 0.25) is 5.95 Å². The third-order valence-corrected chi connectivity index (χ3v) is 6.31. The van der Waals surface area contributed by atoms with E-state index in [1.54, 1.807) is 9.25 Å². The van der Waals surface area contributed by atoms with Crippen molar-refractivity contribution < 1.29 is 0 Å². The fourth-order valence-corrected chi connectivity index (χ4v) is 4.61. The molecular weight excluding hydrogens is 456 g/mol. The molecule has 5 rings (SSSR count). The van der Waals surface area contributed by atoms with Crippen molar-refractivity contribution in [3.63, 3.8) is 0 Å². The Labute approximate surface area is 208 Å². The topological polar surface area (TPSA) is 124 Å². The highest BCUT2D eigenvalue weighted by Crippen LogP contribution is 2.33. The number of aryl methyl sites for hydroxylation is 1. The molecule has 11 nitrogen and oxygen atoms in total. The molecule has 0 saturated heterocycles. The molecular formula is C25H30N10O. The average molecular weight is 487 g/mol. The molecule has 1 aromatic carbocycles. The van der Waals surface area contributed by atoms with Gasteiger partial charge in [0.25, 0.3) is 0 Å². The Morgan fingerprint density at radius 2 is 2.00 bits per heavy atom. The number of hydrogen-bond donors (Lipinski definition) is 2. The summed E-state index contributed by atoms with van der Waals surface area (Å²) in [6.07, 6.45) is 13.1. The Kier molecular flexibility index (Phi) is 6.36. The van der Waals surface area contributed by atoms with Crippen molar-refractivity contribution in [1.29, 1.82) is 0 Å². The zero-order valence-corrected chi connectivity index (χ0v) is 20.7. The minimum Gasteiger partial charge on any atom is -0.368 e. The van der Waals surface area contributed by atoms with Crippen LogP contribution in [-0.2, 0) is 24.9 Å². The number of rotatable bonds is 9. The Hall–Kier alpha value is -4.28. The number of nitrogens with zero attached hydrogens (tertiary/aromatic N) is 8. The number of tetrazole rings is 1. The van der Waals surface area contributed by atoms with Gasteiger partial charge >= 0.3 is 5.69 Å². The maximum absolute atomic E-state index is 13.9. The molecule has 4 aromatic rings. The van der Waals surface area contributed by atoms with E-state index in [4.69, 9.17) is 0 Å². The molecule has 11 heteroatoms. The number of benzene rings is 1. The van der Waals surface area contributed by atoms with Gasteiger partial charge in [0.05, 0.1) is 5.41 Å². The second-order valence-corrected chi connectivity index (χ2v) is 9.45. The van der Waals surface area contributed by atoms with Gasteiger partial charge < -0.3 is 5.32 Å². The van der Waals surface area contributed by atoms with Crippen molar-refractivity contribution in [2.45, 2.75) is 52.1 Å². The van der Waals surface area contributed by atoms with E-state index in [2.05, 4.69) is 81.1 Å². The van der Waals surface area contributed by atoms with Crippen LogP contribution >= 0.6 is 0 Å². The summed E-state index contributed by atoms with van der Waals surface area (Å²) in [4.78, 5) is 18.3. The Morgan fingerprint density at radius 3 is 2.72 bits per heavy atom. The quantitative estimate of drug-likeness (QED) is 0.373. The molecule has 3 aromatic heterocycles. The molecule has 0 unspecified atom stereocenters. The first-order chi connectivity index (χ1) is 17.5. The summed E-state index contributed by atoms with van der Waals surface area (Å²) in [6.45, 7) is 7.46. The highest BCUT2D eigenvalue weighted by Gasteiger charge is 2.31. The van der Waals surface area contributed by atoms with Crippen LogP contribution in [0.1, 0.15) is 38.4 Å². The van der Waals surface area contributed by atoms with Crippen molar-refractivity contribution in [2.75, 3.05) is 0 Å². The molecule has 186 valence electrons. The van der Waals surface area contributed by atoms with E-state index in [1.807, 2.05) is 35.3 Å². The van der Waals surface area contributed by atoms with Crippen LogP contribution in [0.3, 0.4) is 0 Å². The number of aromatic amines is 1. The molecule has 1 aliphatic rings. The smallest absolute Gasteiger partial charge is 0.335 e. The van der Waals surface area contributed by atoms with E-state index in [9.17, 15) is 4.79 Å². The van der Waals surface area contributed by atoms with Crippen LogP contribution in [0.4, 0.5) is 0 Å². The second-order valence-electron chi connectivity index (χ2n) is 9.45. The van der Waals surface area contributed by atoms with Gasteiger partial charge in [-0.1, -0.05) is 57.5 Å². The number of H-pyrrole nitrogens is 1. The van der Waals surface area contributed by atoms with E-state index < -0.39 is 5.41 Å². The van der Waals surface area contributed by atoms with Gasteiger partial charge in [-0.15, -0.1) is 5.10 Å². The molecule has 0 radical (unpaired) electrons. The lowest BCUT2D eigenvalue weighted by molar-refractivity contribution is 0.469. The first kappa shape index (κ1) is 23.5. The summed E-state index contributed by atoms with van der Waals surface area (Å²) in [5, 5.41) is 21.8. The fraction of sp³-hybridized carbons (Fsp3) is 0.360. The highest BCUT2D eigenvalue weighted by atomic mass is 16.2. The maximum atomic E-state index is 13.9. The molecule has 1 aliphatic heterocycles. The lowest BCUT2D eigenvalue weighted by Crippen LogP contribution is -2.36. The summed E-state index contributed by atoms with van der Waals surface area (Å²) < 4.78 is 5.28. The van der Waals surface area contributed by atoms with Crippen LogP contribution in [0.25, 0.3) is 17.3 Å². The molecule has 0 bridgehead atoms. The van der Waals surface area contributed by atoms with Crippen LogP contribution in [0.2, 0.25) is 0 Å². The number of dihydropyridines is 1. The summed E-state index contributed by atoms with van der Waals surface area (Å²) >= 11 is 0. The van der Waals surface area contributed by atoms with Gasteiger partial charge in [-0.25, -0.2) is 19.1 Å². The van der Waals surface area contributed by atoms with E-state index >= 15 is 0 Å². The lowest BCUT2D eigenvalue weighted by atomic mass is 9.78. The molecule has 2 N–H and O–H groups in total. The van der Waals surface area contributed by atoms with E-state index in [0.29, 0.717) is 30.8 Å². The van der Waals surface area contributed by atoms with E-state index in [1.165, 1.54) is 6.33 Å². The summed E-state index contributed by atoms with van der Waals surface area (Å²) in [7, 11) is 0. The zero-order valence-electron chi connectivity index (χ0n) is 20.7. The minimum atomic E-state index is -0.557. The predicted octanol–water partition coefficient (Wildman–Crippen LogP) is 2.59. The molecule has 36 heavy (non-hydrogen) atoms. The van der Waals surface area contributed by atoms with Gasteiger partial charge in [0.15, 0.2) is 5.82 Å². The second kappa shape index (κ2) is 9.76. The average Bonchev–Trinajstić information content (AvgIpc) is 3.63. The standard InChI is InChI=1S/C25H30N10O/c1-4-6-21-15-33(23-27-17-28-35(23)14-18(2)3)24(36)34(21)16-25(9-11-26-12-10-25)20-8-5-7-19(13-20)22-29-31-32-30-22/h5,7-13,15,17-18,26H,4,6,14,16H2,1-3H3,(H,29,30,31,32). The Morgan fingerprint density at radius 1 is 1.17 bits per heavy atom. The molecule has 0 saturated carbocycles. The summed E-state index contributed by atoms with van der Waals surface area (Å²) in [5.41, 5.74) is 2.16. The predicted molar refractivity (Wildman–Crippen MR) is 135 cm³/mol. The van der Waals surface area contributed by atoms with Crippen molar-refractivity contribution >= 4 is 0 Å². The molecule has 0 amide bonds. The highest BCUT2D eigenvalue weighted by molar-refractivity contribution is 5.57. The van der Waals surface area contributed by atoms with Crippen LogP contribution in [0.5, 0.6) is 0 Å². The molecule has 0 spiro atoms. The van der Waals surface area contributed by atoms with Crippen molar-refractivity contribution in [2.24, 2.45) is 5.92 Å². The normalized spacial score (nSPS) is 14.4. The first-order valence-corrected chi connectivity index (χ1v) is 12.2. The summed E-state index contributed by atoms with van der Waals surface area (Å²) in [6, 6.07) is 8.06. The van der Waals surface area contributed by atoms with Gasteiger partial charge in [0.1, 0.15) is 6.33 Å². The summed E-state index contributed by atoms with van der Waals surface area (Å²) in [5.74, 6) is 1.50. The van der Waals surface area contributed by atoms with Crippen LogP contribution in [0.15, 0.2) is 66.1 Å². The zero-order chi connectivity index (χ0) is 25.1. The van der Waals surface area contributed by atoms with Crippen LogP contribution in [-0.4, -0.2) is 44.5 Å². The monoisotopic (exact) mass is 486 g/mol. The van der Waals surface area contributed by atoms with Crippen LogP contribution in [0, 0.1) is 5.92 Å². The number of nitrogens with one attached hydrogen (secondary N) is 2. The van der Waals surface area contributed by atoms with E-state index in [-0.39, 0.29) is 5.69 Å². The van der Waals surface area contributed by atoms with Crippen molar-refractivity contribution in [1.82, 2.24) is 49.8 Å². The Balaban J connectivity index is 1.60. The maximum Gasteiger partial charge on any atom is 0.335 e. The van der Waals surface area contributed by atoms with Gasteiger partial charge in [-0.2, -0.15) is 10.1 Å². The number of allylic oxidation sites excluding steroid dienone is 2. The van der Waals surface area contributed by atoms with Crippen molar-refractivity contribution in [3.8, 4) is 17.3 Å². The number of aromatic nitrogens is 9. The third-order valence-electron chi connectivity index (χ3n) is 6.31.